The number of hydrogen-bond acceptors (Lipinski definition) is 3. The molecule has 1 aliphatic heterocycles. The zero-order valence-corrected chi connectivity index (χ0v) is 15.2. The monoisotopic (exact) mass is 355 g/mol. The highest BCUT2D eigenvalue weighted by molar-refractivity contribution is 7.99. The molecule has 1 saturated heterocycles. The Morgan fingerprint density at radius 1 is 1.04 bits per heavy atom. The van der Waals surface area contributed by atoms with Crippen molar-refractivity contribution in [2.45, 2.75) is 24.2 Å². The molecule has 2 amide bonds. The Bertz CT molecular complexity index is 672. The summed E-state index contributed by atoms with van der Waals surface area (Å²) in [6.45, 7) is 2.89. The van der Waals surface area contributed by atoms with Crippen LogP contribution in [-0.4, -0.2) is 31.4 Å². The molecular weight excluding hydrogens is 330 g/mol. The van der Waals surface area contributed by atoms with Crippen LogP contribution < -0.4 is 15.5 Å². The third-order valence-corrected chi connectivity index (χ3v) is 5.29. The molecule has 0 aromatic heterocycles. The van der Waals surface area contributed by atoms with Gasteiger partial charge in [-0.25, -0.2) is 4.79 Å². The standard InChI is InChI=1S/C20H25N3OS/c24-20(21-12-7-15-25-19-10-2-1-3-11-19)22-17-8-6-9-18(16-17)23-13-4-5-14-23/h1-3,6,8-11,16H,4-5,7,12-15H2,(H2,21,22,24). The Morgan fingerprint density at radius 3 is 2.64 bits per heavy atom. The topological polar surface area (TPSA) is 44.4 Å². The third kappa shape index (κ3) is 5.71. The number of rotatable bonds is 7. The molecule has 3 rings (SSSR count). The van der Waals surface area contributed by atoms with Gasteiger partial charge in [0, 0.05) is 35.9 Å². The minimum absolute atomic E-state index is 0.136. The molecule has 1 heterocycles. The van der Waals surface area contributed by atoms with E-state index in [4.69, 9.17) is 0 Å². The molecule has 0 saturated carbocycles. The Labute approximate surface area is 154 Å². The van der Waals surface area contributed by atoms with Crippen molar-refractivity contribution in [1.82, 2.24) is 5.32 Å². The van der Waals surface area contributed by atoms with Gasteiger partial charge < -0.3 is 15.5 Å². The van der Waals surface area contributed by atoms with Gasteiger partial charge in [-0.05, 0) is 55.3 Å². The predicted molar refractivity (Wildman–Crippen MR) is 107 cm³/mol. The van der Waals surface area contributed by atoms with Gasteiger partial charge in [0.2, 0.25) is 0 Å². The minimum atomic E-state index is -0.136. The van der Waals surface area contributed by atoms with Crippen LogP contribution in [0.4, 0.5) is 16.2 Å². The van der Waals surface area contributed by atoms with Crippen LogP contribution in [-0.2, 0) is 0 Å². The maximum atomic E-state index is 12.0. The molecule has 25 heavy (non-hydrogen) atoms. The number of carbonyl (C=O) groups excluding carboxylic acids is 1. The molecule has 2 aromatic carbocycles. The zero-order valence-electron chi connectivity index (χ0n) is 14.4. The molecule has 4 nitrogen and oxygen atoms in total. The summed E-state index contributed by atoms with van der Waals surface area (Å²) in [7, 11) is 0. The van der Waals surface area contributed by atoms with E-state index in [1.807, 2.05) is 42.1 Å². The van der Waals surface area contributed by atoms with Crippen LogP contribution in [0.15, 0.2) is 59.5 Å². The minimum Gasteiger partial charge on any atom is -0.371 e. The Hall–Kier alpha value is -2.14. The average molecular weight is 356 g/mol. The summed E-state index contributed by atoms with van der Waals surface area (Å²) in [5.74, 6) is 0.995. The number of hydrogen-bond donors (Lipinski definition) is 2. The van der Waals surface area contributed by atoms with Crippen molar-refractivity contribution in [3.8, 4) is 0 Å². The van der Waals surface area contributed by atoms with Gasteiger partial charge >= 0.3 is 6.03 Å². The first kappa shape index (κ1) is 17.7. The number of carbonyl (C=O) groups is 1. The van der Waals surface area contributed by atoms with Gasteiger partial charge in [0.1, 0.15) is 0 Å². The fourth-order valence-corrected chi connectivity index (χ4v) is 3.79. The molecule has 132 valence electrons. The molecule has 5 heteroatoms. The molecule has 0 atom stereocenters. The average Bonchev–Trinajstić information content (AvgIpc) is 3.17. The molecule has 0 bridgehead atoms. The maximum Gasteiger partial charge on any atom is 0.319 e. The number of nitrogens with one attached hydrogen (secondary N) is 2. The van der Waals surface area contributed by atoms with Gasteiger partial charge in [-0.2, -0.15) is 0 Å². The first-order valence-electron chi connectivity index (χ1n) is 8.89. The van der Waals surface area contributed by atoms with E-state index in [0.717, 1.165) is 31.0 Å². The van der Waals surface area contributed by atoms with Gasteiger partial charge in [-0.1, -0.05) is 24.3 Å². The van der Waals surface area contributed by atoms with Gasteiger partial charge in [0.05, 0.1) is 0 Å². The van der Waals surface area contributed by atoms with Crippen LogP contribution in [0.5, 0.6) is 0 Å². The quantitative estimate of drug-likeness (QED) is 0.564. The van der Waals surface area contributed by atoms with E-state index in [1.165, 1.54) is 23.4 Å². The fraction of sp³-hybridized carbons (Fsp3) is 0.350. The summed E-state index contributed by atoms with van der Waals surface area (Å²) < 4.78 is 0. The van der Waals surface area contributed by atoms with Gasteiger partial charge in [-0.15, -0.1) is 11.8 Å². The molecule has 2 N–H and O–H groups in total. The smallest absolute Gasteiger partial charge is 0.319 e. The maximum absolute atomic E-state index is 12.0. The predicted octanol–water partition coefficient (Wildman–Crippen LogP) is 4.59. The summed E-state index contributed by atoms with van der Waals surface area (Å²) >= 11 is 1.81. The first-order valence-corrected chi connectivity index (χ1v) is 9.87. The molecule has 0 unspecified atom stereocenters. The lowest BCUT2D eigenvalue weighted by Crippen LogP contribution is -2.29. The number of anilines is 2. The highest BCUT2D eigenvalue weighted by Gasteiger charge is 2.12. The molecule has 0 radical (unpaired) electrons. The van der Waals surface area contributed by atoms with Crippen LogP contribution in [0.25, 0.3) is 0 Å². The summed E-state index contributed by atoms with van der Waals surface area (Å²) in [6.07, 6.45) is 3.44. The van der Waals surface area contributed by atoms with E-state index in [2.05, 4.69) is 39.8 Å². The van der Waals surface area contributed by atoms with E-state index in [9.17, 15) is 4.79 Å². The summed E-state index contributed by atoms with van der Waals surface area (Å²) in [5, 5.41) is 5.86. The highest BCUT2D eigenvalue weighted by Crippen LogP contribution is 2.23. The van der Waals surface area contributed by atoms with E-state index in [0.29, 0.717) is 6.54 Å². The third-order valence-electron chi connectivity index (χ3n) is 4.19. The van der Waals surface area contributed by atoms with Gasteiger partial charge in [0.15, 0.2) is 0 Å². The van der Waals surface area contributed by atoms with Crippen molar-refractivity contribution in [3.63, 3.8) is 0 Å². The Kier molecular flexibility index (Phi) is 6.63. The van der Waals surface area contributed by atoms with E-state index in [-0.39, 0.29) is 6.03 Å². The van der Waals surface area contributed by atoms with Crippen molar-refractivity contribution in [2.75, 3.05) is 35.6 Å². The molecule has 1 aliphatic rings. The van der Waals surface area contributed by atoms with Crippen molar-refractivity contribution in [1.29, 1.82) is 0 Å². The van der Waals surface area contributed by atoms with Gasteiger partial charge in [0.25, 0.3) is 0 Å². The summed E-state index contributed by atoms with van der Waals surface area (Å²) in [6, 6.07) is 18.3. The van der Waals surface area contributed by atoms with Gasteiger partial charge in [-0.3, -0.25) is 0 Å². The molecular formula is C20H25N3OS. The second-order valence-electron chi connectivity index (χ2n) is 6.14. The number of urea groups is 1. The molecule has 0 spiro atoms. The number of benzene rings is 2. The normalized spacial score (nSPS) is 13.7. The largest absolute Gasteiger partial charge is 0.371 e. The SMILES string of the molecule is O=C(NCCCSc1ccccc1)Nc1cccc(N2CCCC2)c1. The molecule has 1 fully saturated rings. The van der Waals surface area contributed by atoms with E-state index < -0.39 is 0 Å². The van der Waals surface area contributed by atoms with Crippen molar-refractivity contribution >= 4 is 29.2 Å². The van der Waals surface area contributed by atoms with E-state index >= 15 is 0 Å². The van der Waals surface area contributed by atoms with Crippen LogP contribution in [0.3, 0.4) is 0 Å². The van der Waals surface area contributed by atoms with Crippen LogP contribution >= 0.6 is 11.8 Å². The van der Waals surface area contributed by atoms with Crippen LogP contribution in [0, 0.1) is 0 Å². The lowest BCUT2D eigenvalue weighted by Gasteiger charge is -2.18. The van der Waals surface area contributed by atoms with Crippen LogP contribution in [0.1, 0.15) is 19.3 Å². The number of nitrogens with zero attached hydrogens (tertiary/aromatic N) is 1. The van der Waals surface area contributed by atoms with Crippen LogP contribution in [0.2, 0.25) is 0 Å². The lowest BCUT2D eigenvalue weighted by atomic mass is 10.2. The van der Waals surface area contributed by atoms with Crippen molar-refractivity contribution in [3.05, 3.63) is 54.6 Å². The molecule has 0 aliphatic carbocycles. The highest BCUT2D eigenvalue weighted by atomic mass is 32.2. The number of amides is 2. The Balaban J connectivity index is 1.37. The van der Waals surface area contributed by atoms with E-state index in [1.54, 1.807) is 0 Å². The van der Waals surface area contributed by atoms with Crippen molar-refractivity contribution < 1.29 is 4.79 Å². The summed E-state index contributed by atoms with van der Waals surface area (Å²) in [5.41, 5.74) is 2.04. The van der Waals surface area contributed by atoms with Crippen molar-refractivity contribution in [2.24, 2.45) is 0 Å². The number of thioether (sulfide) groups is 1. The Morgan fingerprint density at radius 2 is 1.84 bits per heavy atom. The fourth-order valence-electron chi connectivity index (χ4n) is 2.91. The second kappa shape index (κ2) is 9.37. The second-order valence-corrected chi connectivity index (χ2v) is 7.31. The summed E-state index contributed by atoms with van der Waals surface area (Å²) in [4.78, 5) is 15.7. The first-order chi connectivity index (χ1) is 12.3. The zero-order chi connectivity index (χ0) is 17.3. The molecule has 2 aromatic rings. The lowest BCUT2D eigenvalue weighted by molar-refractivity contribution is 0.252.